The lowest BCUT2D eigenvalue weighted by Gasteiger charge is -2.06. The Morgan fingerprint density at radius 2 is 2.12 bits per heavy atom. The summed E-state index contributed by atoms with van der Waals surface area (Å²) in [6, 6.07) is 6.35. The number of hydrogen-bond acceptors (Lipinski definition) is 5. The van der Waals surface area contributed by atoms with Gasteiger partial charge in [0.15, 0.2) is 5.82 Å². The molecule has 4 N–H and O–H groups in total. The van der Waals surface area contributed by atoms with Gasteiger partial charge in [0.05, 0.1) is 0 Å². The van der Waals surface area contributed by atoms with Gasteiger partial charge in [-0.1, -0.05) is 24.3 Å². The number of carboxylic acids is 1. The fraction of sp³-hybridized carbons (Fsp3) is 0.200. The Morgan fingerprint density at radius 1 is 1.41 bits per heavy atom. The van der Waals surface area contributed by atoms with Gasteiger partial charge in [-0.05, 0) is 22.4 Å². The highest BCUT2D eigenvalue weighted by Crippen LogP contribution is 2.14. The minimum atomic E-state index is -1.01. The molecule has 0 saturated carbocycles. The highest BCUT2D eigenvalue weighted by molar-refractivity contribution is 5.73. The summed E-state index contributed by atoms with van der Waals surface area (Å²) in [5.41, 5.74) is 7.14. The molecule has 1 aromatic heterocycles. The molecule has 0 aliphatic rings. The first kappa shape index (κ1) is 11.2. The van der Waals surface area contributed by atoms with Crippen molar-refractivity contribution in [2.45, 2.75) is 12.5 Å². The Kier molecular flexibility index (Phi) is 3.10. The summed E-state index contributed by atoms with van der Waals surface area (Å²) < 4.78 is 0. The van der Waals surface area contributed by atoms with E-state index in [2.05, 4.69) is 20.6 Å². The molecule has 2 rings (SSSR count). The van der Waals surface area contributed by atoms with Crippen LogP contribution in [0.1, 0.15) is 5.56 Å². The molecule has 0 aliphatic heterocycles. The van der Waals surface area contributed by atoms with Crippen LogP contribution in [0.3, 0.4) is 0 Å². The van der Waals surface area contributed by atoms with E-state index in [0.717, 1.165) is 11.1 Å². The number of aromatic nitrogens is 4. The summed E-state index contributed by atoms with van der Waals surface area (Å²) >= 11 is 0. The lowest BCUT2D eigenvalue weighted by atomic mass is 10.0. The van der Waals surface area contributed by atoms with Crippen LogP contribution in [0.25, 0.3) is 11.4 Å². The van der Waals surface area contributed by atoms with Gasteiger partial charge in [0.2, 0.25) is 0 Å². The number of carboxylic acid groups (broad SMARTS) is 1. The number of H-pyrrole nitrogens is 1. The number of aromatic amines is 1. The average Bonchev–Trinajstić information content (AvgIpc) is 2.83. The molecule has 7 nitrogen and oxygen atoms in total. The first-order valence-corrected chi connectivity index (χ1v) is 4.98. The van der Waals surface area contributed by atoms with Crippen molar-refractivity contribution < 1.29 is 9.90 Å². The Hall–Kier alpha value is -2.28. The van der Waals surface area contributed by atoms with Crippen molar-refractivity contribution in [1.82, 2.24) is 20.6 Å². The van der Waals surface area contributed by atoms with Crippen LogP contribution in [-0.2, 0) is 11.2 Å². The summed E-state index contributed by atoms with van der Waals surface area (Å²) in [5, 5.41) is 22.1. The number of hydrogen-bond donors (Lipinski definition) is 3. The Morgan fingerprint density at radius 3 is 2.65 bits per heavy atom. The van der Waals surface area contributed by atoms with E-state index in [1.165, 1.54) is 0 Å². The van der Waals surface area contributed by atoms with Crippen LogP contribution >= 0.6 is 0 Å². The van der Waals surface area contributed by atoms with Crippen molar-refractivity contribution in [3.63, 3.8) is 0 Å². The fourth-order valence-corrected chi connectivity index (χ4v) is 1.42. The molecule has 1 atom stereocenters. The fourth-order valence-electron chi connectivity index (χ4n) is 1.42. The van der Waals surface area contributed by atoms with E-state index in [-0.39, 0.29) is 0 Å². The molecular formula is C10H11N5O2. The maximum atomic E-state index is 10.6. The summed E-state index contributed by atoms with van der Waals surface area (Å²) in [6.07, 6.45) is 0.296. The number of nitrogens with one attached hydrogen (secondary N) is 1. The van der Waals surface area contributed by atoms with Gasteiger partial charge in [-0.15, -0.1) is 5.10 Å². The molecule has 0 radical (unpaired) electrons. The highest BCUT2D eigenvalue weighted by Gasteiger charge is 2.12. The summed E-state index contributed by atoms with van der Waals surface area (Å²) in [7, 11) is 0. The lowest BCUT2D eigenvalue weighted by molar-refractivity contribution is -0.138. The zero-order valence-electron chi connectivity index (χ0n) is 8.87. The second-order valence-corrected chi connectivity index (χ2v) is 3.60. The minimum absolute atomic E-state index is 0.296. The van der Waals surface area contributed by atoms with Crippen LogP contribution in [-0.4, -0.2) is 37.7 Å². The largest absolute Gasteiger partial charge is 0.480 e. The Bertz CT molecular complexity index is 494. The van der Waals surface area contributed by atoms with Gasteiger partial charge in [-0.2, -0.15) is 0 Å². The number of carbonyl (C=O) groups is 1. The van der Waals surface area contributed by atoms with Gasteiger partial charge in [0.1, 0.15) is 6.04 Å². The highest BCUT2D eigenvalue weighted by atomic mass is 16.4. The van der Waals surface area contributed by atoms with E-state index >= 15 is 0 Å². The van der Waals surface area contributed by atoms with E-state index in [9.17, 15) is 4.79 Å². The predicted octanol–water partition coefficient (Wildman–Crippen LogP) is -0.179. The van der Waals surface area contributed by atoms with Gasteiger partial charge in [0, 0.05) is 5.56 Å². The topological polar surface area (TPSA) is 118 Å². The van der Waals surface area contributed by atoms with Crippen molar-refractivity contribution >= 4 is 5.97 Å². The SMILES string of the molecule is N[C@@H](Cc1ccc(-c2nnn[nH]2)cc1)C(=O)O. The Balaban J connectivity index is 2.11. The van der Waals surface area contributed by atoms with Gasteiger partial charge in [-0.25, -0.2) is 5.10 Å². The lowest BCUT2D eigenvalue weighted by Crippen LogP contribution is -2.32. The van der Waals surface area contributed by atoms with Crippen LogP contribution in [0.2, 0.25) is 0 Å². The number of nitrogens with two attached hydrogens (primary N) is 1. The van der Waals surface area contributed by atoms with Crippen molar-refractivity contribution in [3.8, 4) is 11.4 Å². The first-order chi connectivity index (χ1) is 8.16. The Labute approximate surface area is 96.7 Å². The number of benzene rings is 1. The zero-order chi connectivity index (χ0) is 12.3. The number of tetrazole rings is 1. The predicted molar refractivity (Wildman–Crippen MR) is 58.9 cm³/mol. The second-order valence-electron chi connectivity index (χ2n) is 3.60. The maximum absolute atomic E-state index is 10.6. The molecule has 1 heterocycles. The third-order valence-corrected chi connectivity index (χ3v) is 2.35. The van der Waals surface area contributed by atoms with E-state index in [1.807, 2.05) is 12.1 Å². The normalized spacial score (nSPS) is 12.3. The van der Waals surface area contributed by atoms with Crippen LogP contribution < -0.4 is 5.73 Å². The smallest absolute Gasteiger partial charge is 0.320 e. The van der Waals surface area contributed by atoms with Crippen molar-refractivity contribution in [1.29, 1.82) is 0 Å². The van der Waals surface area contributed by atoms with E-state index in [4.69, 9.17) is 10.8 Å². The van der Waals surface area contributed by atoms with Gasteiger partial charge in [0.25, 0.3) is 0 Å². The number of nitrogens with zero attached hydrogens (tertiary/aromatic N) is 3. The second kappa shape index (κ2) is 4.71. The van der Waals surface area contributed by atoms with E-state index in [1.54, 1.807) is 12.1 Å². The average molecular weight is 233 g/mol. The summed E-state index contributed by atoms with van der Waals surface area (Å²) in [5.74, 6) is -0.437. The first-order valence-electron chi connectivity index (χ1n) is 4.98. The van der Waals surface area contributed by atoms with Gasteiger partial charge >= 0.3 is 5.97 Å². The van der Waals surface area contributed by atoms with Gasteiger partial charge in [-0.3, -0.25) is 4.79 Å². The van der Waals surface area contributed by atoms with E-state index in [0.29, 0.717) is 12.2 Å². The molecular weight excluding hydrogens is 222 g/mol. The molecule has 0 fully saturated rings. The van der Waals surface area contributed by atoms with Crippen molar-refractivity contribution in [2.24, 2.45) is 5.73 Å². The third-order valence-electron chi connectivity index (χ3n) is 2.35. The standard InChI is InChI=1S/C10H11N5O2/c11-8(10(16)17)5-6-1-3-7(4-2-6)9-12-14-15-13-9/h1-4,8H,5,11H2,(H,16,17)(H,12,13,14,15)/t8-/m0/s1. The van der Waals surface area contributed by atoms with Crippen molar-refractivity contribution in [2.75, 3.05) is 0 Å². The van der Waals surface area contributed by atoms with Crippen LogP contribution in [0.5, 0.6) is 0 Å². The molecule has 0 bridgehead atoms. The maximum Gasteiger partial charge on any atom is 0.320 e. The molecule has 0 aliphatic carbocycles. The number of aliphatic carboxylic acids is 1. The quantitative estimate of drug-likeness (QED) is 0.674. The van der Waals surface area contributed by atoms with Crippen LogP contribution in [0.4, 0.5) is 0 Å². The minimum Gasteiger partial charge on any atom is -0.480 e. The van der Waals surface area contributed by atoms with Crippen molar-refractivity contribution in [3.05, 3.63) is 29.8 Å². The summed E-state index contributed by atoms with van der Waals surface area (Å²) in [4.78, 5) is 10.6. The molecule has 88 valence electrons. The molecule has 7 heteroatoms. The molecule has 0 saturated heterocycles. The van der Waals surface area contributed by atoms with Crippen LogP contribution in [0, 0.1) is 0 Å². The molecule has 2 aromatic rings. The molecule has 17 heavy (non-hydrogen) atoms. The molecule has 1 aromatic carbocycles. The van der Waals surface area contributed by atoms with E-state index < -0.39 is 12.0 Å². The van der Waals surface area contributed by atoms with Gasteiger partial charge < -0.3 is 10.8 Å². The zero-order valence-corrected chi connectivity index (χ0v) is 8.87. The third kappa shape index (κ3) is 2.64. The summed E-state index contributed by atoms with van der Waals surface area (Å²) in [6.45, 7) is 0. The van der Waals surface area contributed by atoms with Crippen LogP contribution in [0.15, 0.2) is 24.3 Å². The molecule has 0 amide bonds. The monoisotopic (exact) mass is 233 g/mol. The number of rotatable bonds is 4. The molecule has 0 unspecified atom stereocenters. The molecule has 0 spiro atoms.